The van der Waals surface area contributed by atoms with Gasteiger partial charge in [-0.15, -0.1) is 0 Å². The lowest BCUT2D eigenvalue weighted by molar-refractivity contribution is -0.0620. The zero-order valence-electron chi connectivity index (χ0n) is 15.8. The molecule has 3 rings (SSSR count). The fraction of sp³-hybridized carbons (Fsp3) is 0.200. The molecule has 164 valence electrons. The summed E-state index contributed by atoms with van der Waals surface area (Å²) in [6.07, 6.45) is 0. The molecule has 0 bridgehead atoms. The Kier molecular flexibility index (Phi) is 6.71. The molecule has 2 aromatic carbocycles. The Morgan fingerprint density at radius 1 is 1.23 bits per heavy atom. The van der Waals surface area contributed by atoms with E-state index in [0.29, 0.717) is 5.39 Å². The molecule has 0 radical (unpaired) electrons. The van der Waals surface area contributed by atoms with Gasteiger partial charge in [0.1, 0.15) is 35.9 Å². The molecule has 1 atom stereocenters. The molecule has 3 aromatic rings. The topological polar surface area (TPSA) is 135 Å². The maximum Gasteiger partial charge on any atom is 0.316 e. The Balaban J connectivity index is 2.03. The van der Waals surface area contributed by atoms with Crippen LogP contribution in [-0.2, 0) is 0 Å². The van der Waals surface area contributed by atoms with Gasteiger partial charge in [-0.2, -0.15) is 0 Å². The fourth-order valence-electron chi connectivity index (χ4n) is 2.71. The van der Waals surface area contributed by atoms with Crippen molar-refractivity contribution in [3.8, 4) is 5.75 Å². The number of aliphatic hydroxyl groups is 2. The van der Waals surface area contributed by atoms with Gasteiger partial charge in [-0.05, 0) is 30.3 Å². The molecule has 5 N–H and O–H groups in total. The molecule has 0 aliphatic rings. The van der Waals surface area contributed by atoms with Gasteiger partial charge in [-0.3, -0.25) is 4.79 Å². The molecule has 0 saturated heterocycles. The van der Waals surface area contributed by atoms with Crippen molar-refractivity contribution in [2.75, 3.05) is 25.2 Å². The van der Waals surface area contributed by atoms with Gasteiger partial charge in [0.05, 0.1) is 11.6 Å². The molecule has 0 fully saturated rings. The highest BCUT2D eigenvalue weighted by Gasteiger charge is 2.28. The number of alkyl halides is 1. The second-order valence-electron chi connectivity index (χ2n) is 6.71. The zero-order chi connectivity index (χ0) is 22.8. The van der Waals surface area contributed by atoms with Crippen molar-refractivity contribution in [2.45, 2.75) is 5.60 Å². The van der Waals surface area contributed by atoms with E-state index >= 15 is 0 Å². The number of ketones is 1. The number of carbonyl (C=O) groups excluding carboxylic acids is 2. The Morgan fingerprint density at radius 2 is 1.97 bits per heavy atom. The Morgan fingerprint density at radius 3 is 2.61 bits per heavy atom. The first-order valence-electron chi connectivity index (χ1n) is 8.82. The van der Waals surface area contributed by atoms with Crippen LogP contribution >= 0.6 is 23.2 Å². The maximum absolute atomic E-state index is 13.0. The van der Waals surface area contributed by atoms with Crippen molar-refractivity contribution in [3.63, 3.8) is 0 Å². The summed E-state index contributed by atoms with van der Waals surface area (Å²) in [5.74, 6) is -0.736. The van der Waals surface area contributed by atoms with Crippen molar-refractivity contribution >= 4 is 51.7 Å². The maximum atomic E-state index is 13.0. The summed E-state index contributed by atoms with van der Waals surface area (Å²) in [6.45, 7) is -2.57. The SMILES string of the molecule is NC(=O)Nc1c(C(=O)c2cc(Cl)ccc2Cl)oc2cc(OCC(O)(CO)CF)ccc12. The Bertz CT molecular complexity index is 1150. The molecule has 0 aliphatic heterocycles. The molecular formula is C20H17Cl2FN2O6. The highest BCUT2D eigenvalue weighted by Crippen LogP contribution is 2.36. The van der Waals surface area contributed by atoms with Crippen molar-refractivity contribution in [1.29, 1.82) is 0 Å². The Hall–Kier alpha value is -2.85. The van der Waals surface area contributed by atoms with Crippen LogP contribution in [0.15, 0.2) is 40.8 Å². The van der Waals surface area contributed by atoms with Crippen molar-refractivity contribution in [2.24, 2.45) is 5.73 Å². The lowest BCUT2D eigenvalue weighted by Gasteiger charge is -2.22. The molecule has 31 heavy (non-hydrogen) atoms. The quantitative estimate of drug-likeness (QED) is 0.372. The monoisotopic (exact) mass is 470 g/mol. The average molecular weight is 471 g/mol. The van der Waals surface area contributed by atoms with Crippen LogP contribution in [0.3, 0.4) is 0 Å². The van der Waals surface area contributed by atoms with E-state index < -0.39 is 37.3 Å². The van der Waals surface area contributed by atoms with Gasteiger partial charge < -0.3 is 30.4 Å². The van der Waals surface area contributed by atoms with E-state index in [4.69, 9.17) is 43.2 Å². The van der Waals surface area contributed by atoms with Crippen LogP contribution in [0.2, 0.25) is 10.0 Å². The molecule has 0 spiro atoms. The summed E-state index contributed by atoms with van der Waals surface area (Å²) >= 11 is 12.1. The standard InChI is InChI=1S/C20H17Cl2FN2O6/c21-10-1-4-14(22)13(5-10)17(27)18-16(25-19(24)28)12-3-2-11(6-15(12)31-18)30-9-20(29,7-23)8-26/h1-6,26,29H,7-9H2,(H3,24,25,28). The number of ether oxygens (including phenoxy) is 1. The molecule has 2 amide bonds. The number of urea groups is 1. The van der Waals surface area contributed by atoms with Gasteiger partial charge in [-0.1, -0.05) is 23.2 Å². The number of fused-ring (bicyclic) bond motifs is 1. The van der Waals surface area contributed by atoms with Gasteiger partial charge in [0, 0.05) is 22.0 Å². The van der Waals surface area contributed by atoms with Crippen molar-refractivity contribution in [3.05, 3.63) is 57.8 Å². The van der Waals surface area contributed by atoms with E-state index in [2.05, 4.69) is 5.32 Å². The van der Waals surface area contributed by atoms with Gasteiger partial charge in [0.25, 0.3) is 0 Å². The van der Waals surface area contributed by atoms with Crippen LogP contribution in [-0.4, -0.2) is 47.5 Å². The number of furan rings is 1. The molecule has 1 aromatic heterocycles. The summed E-state index contributed by atoms with van der Waals surface area (Å²) in [5, 5.41) is 22.0. The van der Waals surface area contributed by atoms with Crippen LogP contribution in [0.1, 0.15) is 16.1 Å². The summed E-state index contributed by atoms with van der Waals surface area (Å²) in [7, 11) is 0. The van der Waals surface area contributed by atoms with E-state index in [0.717, 1.165) is 0 Å². The second kappa shape index (κ2) is 9.11. The minimum atomic E-state index is -2.05. The highest BCUT2D eigenvalue weighted by molar-refractivity contribution is 6.37. The van der Waals surface area contributed by atoms with Gasteiger partial charge in [0.2, 0.25) is 5.78 Å². The lowest BCUT2D eigenvalue weighted by atomic mass is 10.1. The van der Waals surface area contributed by atoms with Crippen LogP contribution in [0.5, 0.6) is 5.75 Å². The zero-order valence-corrected chi connectivity index (χ0v) is 17.3. The third kappa shape index (κ3) is 4.91. The Labute approximate surface area is 185 Å². The molecule has 11 heteroatoms. The number of nitrogens with one attached hydrogen (secondary N) is 1. The van der Waals surface area contributed by atoms with Gasteiger partial charge in [0.15, 0.2) is 5.76 Å². The largest absolute Gasteiger partial charge is 0.490 e. The summed E-state index contributed by atoms with van der Waals surface area (Å²) < 4.78 is 23.8. The number of rotatable bonds is 8. The summed E-state index contributed by atoms with van der Waals surface area (Å²) in [6, 6.07) is 7.67. The predicted molar refractivity (Wildman–Crippen MR) is 113 cm³/mol. The smallest absolute Gasteiger partial charge is 0.316 e. The van der Waals surface area contributed by atoms with Crippen LogP contribution in [0, 0.1) is 0 Å². The minimum Gasteiger partial charge on any atom is -0.490 e. The number of carbonyl (C=O) groups is 2. The number of benzene rings is 2. The van der Waals surface area contributed by atoms with Crippen molar-refractivity contribution < 1.29 is 33.3 Å². The summed E-state index contributed by atoms with van der Waals surface area (Å²) in [4.78, 5) is 24.5. The van der Waals surface area contributed by atoms with Crippen LogP contribution < -0.4 is 15.8 Å². The third-order valence-electron chi connectivity index (χ3n) is 4.34. The molecule has 0 aliphatic carbocycles. The lowest BCUT2D eigenvalue weighted by Crippen LogP contribution is -2.42. The first-order valence-corrected chi connectivity index (χ1v) is 9.58. The average Bonchev–Trinajstić information content (AvgIpc) is 3.10. The molecule has 8 nitrogen and oxygen atoms in total. The number of aliphatic hydroxyl groups excluding tert-OH is 1. The minimum absolute atomic E-state index is 0.0192. The molecular weight excluding hydrogens is 454 g/mol. The van der Waals surface area contributed by atoms with Gasteiger partial charge >= 0.3 is 6.03 Å². The van der Waals surface area contributed by atoms with Crippen LogP contribution in [0.25, 0.3) is 11.0 Å². The summed E-state index contributed by atoms with van der Waals surface area (Å²) in [5.41, 5.74) is 3.38. The van der Waals surface area contributed by atoms with E-state index in [-0.39, 0.29) is 38.4 Å². The van der Waals surface area contributed by atoms with E-state index in [1.165, 1.54) is 36.4 Å². The van der Waals surface area contributed by atoms with Crippen LogP contribution in [0.4, 0.5) is 14.9 Å². The molecule has 1 unspecified atom stereocenters. The number of anilines is 1. The van der Waals surface area contributed by atoms with E-state index in [1.807, 2.05) is 0 Å². The normalized spacial score (nSPS) is 13.1. The van der Waals surface area contributed by atoms with Crippen molar-refractivity contribution in [1.82, 2.24) is 0 Å². The second-order valence-corrected chi connectivity index (χ2v) is 7.56. The number of primary amides is 1. The highest BCUT2D eigenvalue weighted by atomic mass is 35.5. The number of hydrogen-bond acceptors (Lipinski definition) is 6. The number of halogens is 3. The van der Waals surface area contributed by atoms with E-state index in [1.54, 1.807) is 0 Å². The predicted octanol–water partition coefficient (Wildman–Crippen LogP) is 3.53. The van der Waals surface area contributed by atoms with Gasteiger partial charge in [-0.25, -0.2) is 9.18 Å². The molecule has 1 heterocycles. The number of nitrogens with two attached hydrogens (primary N) is 1. The van der Waals surface area contributed by atoms with E-state index in [9.17, 15) is 19.1 Å². The number of hydrogen-bond donors (Lipinski definition) is 4. The fourth-order valence-corrected chi connectivity index (χ4v) is 3.09. The molecule has 0 saturated carbocycles. The first-order chi connectivity index (χ1) is 14.7. The first kappa shape index (κ1) is 22.8. The third-order valence-corrected chi connectivity index (χ3v) is 4.90. The number of amides is 2.